The van der Waals surface area contributed by atoms with Crippen molar-refractivity contribution in [1.82, 2.24) is 0 Å². The first kappa shape index (κ1) is 26.5. The Morgan fingerprint density at radius 1 is 0.255 bits per heavy atom. The molecule has 0 fully saturated rings. The fourth-order valence-corrected chi connectivity index (χ4v) is 9.08. The van der Waals surface area contributed by atoms with Crippen molar-refractivity contribution in [3.8, 4) is 33.4 Å². The Bertz CT molecular complexity index is 2780. The second kappa shape index (κ2) is 10.4. The van der Waals surface area contributed by atoms with Gasteiger partial charge in [0.15, 0.2) is 0 Å². The van der Waals surface area contributed by atoms with Gasteiger partial charge in [-0.2, -0.15) is 0 Å². The van der Waals surface area contributed by atoms with E-state index in [1.165, 1.54) is 96.6 Å². The molecule has 0 nitrogen and oxygen atoms in total. The van der Waals surface area contributed by atoms with Crippen molar-refractivity contribution in [2.24, 2.45) is 0 Å². The molecule has 0 spiro atoms. The van der Waals surface area contributed by atoms with Gasteiger partial charge in [0, 0.05) is 25.6 Å². The number of fused-ring (bicyclic) bond motifs is 8. The maximum Gasteiger partial charge on any atom is 0.0434 e. The van der Waals surface area contributed by atoms with E-state index in [1.54, 1.807) is 0 Å². The van der Waals surface area contributed by atoms with Crippen molar-refractivity contribution in [3.63, 3.8) is 0 Å². The minimum absolute atomic E-state index is 1.24. The lowest BCUT2D eigenvalue weighted by molar-refractivity contribution is 1.64. The summed E-state index contributed by atoms with van der Waals surface area (Å²) in [4.78, 5) is 0. The van der Waals surface area contributed by atoms with Gasteiger partial charge in [0.1, 0.15) is 0 Å². The highest BCUT2D eigenvalue weighted by Crippen LogP contribution is 2.48. The van der Waals surface area contributed by atoms with Crippen LogP contribution in [0.15, 0.2) is 170 Å². The van der Waals surface area contributed by atoms with Gasteiger partial charge in [-0.3, -0.25) is 0 Å². The van der Waals surface area contributed by atoms with E-state index in [4.69, 9.17) is 0 Å². The lowest BCUT2D eigenvalue weighted by Gasteiger charge is -2.20. The summed E-state index contributed by atoms with van der Waals surface area (Å²) in [7, 11) is 0. The number of hydrogen-bond donors (Lipinski definition) is 0. The highest BCUT2D eigenvalue weighted by molar-refractivity contribution is 7.26. The third-order valence-corrected chi connectivity index (χ3v) is 11.1. The molecule has 0 saturated carbocycles. The van der Waals surface area contributed by atoms with Crippen LogP contribution in [-0.4, -0.2) is 0 Å². The summed E-state index contributed by atoms with van der Waals surface area (Å²) in [5.41, 5.74) is 7.65. The molecule has 0 radical (unpaired) electrons. The molecule has 10 aromatic rings. The summed E-state index contributed by atoms with van der Waals surface area (Å²) < 4.78 is 2.70. The summed E-state index contributed by atoms with van der Waals surface area (Å²) in [6.45, 7) is 0. The van der Waals surface area contributed by atoms with Crippen LogP contribution in [0.1, 0.15) is 0 Å². The molecule has 0 amide bonds. The van der Waals surface area contributed by atoms with E-state index >= 15 is 0 Å². The van der Waals surface area contributed by atoms with Crippen molar-refractivity contribution in [2.75, 3.05) is 0 Å². The Morgan fingerprint density at radius 2 is 0.681 bits per heavy atom. The first-order chi connectivity index (χ1) is 23.3. The van der Waals surface area contributed by atoms with E-state index in [9.17, 15) is 0 Å². The fourth-order valence-electron chi connectivity index (χ4n) is 7.85. The van der Waals surface area contributed by atoms with Crippen LogP contribution in [0.3, 0.4) is 0 Å². The van der Waals surface area contributed by atoms with Gasteiger partial charge in [0.2, 0.25) is 0 Å². The normalized spacial score (nSPS) is 11.8. The molecule has 218 valence electrons. The van der Waals surface area contributed by atoms with Gasteiger partial charge in [0.25, 0.3) is 0 Å². The van der Waals surface area contributed by atoms with Gasteiger partial charge >= 0.3 is 0 Å². The van der Waals surface area contributed by atoms with Crippen molar-refractivity contribution in [2.45, 2.75) is 0 Å². The predicted molar refractivity (Wildman–Crippen MR) is 206 cm³/mol. The standard InChI is InChI=1S/C46H28S/c1-2-13-29(14-3-1)30-25-27-40(32-16-5-4-15-31(30)32)45-38-20-8-6-18-36(38)44(37-19-7-9-21-39(37)45)35-22-12-23-41-33(35)26-28-42-34-17-10-11-24-43(34)47-46(41)42/h1-28H. The van der Waals surface area contributed by atoms with Crippen LogP contribution in [0.5, 0.6) is 0 Å². The van der Waals surface area contributed by atoms with Gasteiger partial charge in [-0.15, -0.1) is 11.3 Å². The van der Waals surface area contributed by atoms with Crippen LogP contribution >= 0.6 is 11.3 Å². The van der Waals surface area contributed by atoms with Gasteiger partial charge in [-0.25, -0.2) is 0 Å². The molecule has 0 unspecified atom stereocenters. The zero-order chi connectivity index (χ0) is 30.9. The van der Waals surface area contributed by atoms with Crippen LogP contribution in [0, 0.1) is 0 Å². The molecule has 0 aliphatic rings. The molecule has 0 bridgehead atoms. The second-order valence-corrected chi connectivity index (χ2v) is 13.4. The van der Waals surface area contributed by atoms with Crippen LogP contribution in [0.25, 0.3) is 96.6 Å². The Kier molecular flexibility index (Phi) is 5.85. The Labute approximate surface area is 276 Å². The maximum absolute atomic E-state index is 2.35. The average molecular weight is 613 g/mol. The first-order valence-electron chi connectivity index (χ1n) is 16.2. The summed E-state index contributed by atoms with van der Waals surface area (Å²) in [5, 5.41) is 13.0. The predicted octanol–water partition coefficient (Wildman–Crippen LogP) is 13.7. The van der Waals surface area contributed by atoms with Gasteiger partial charge in [-0.05, 0) is 77.2 Å². The second-order valence-electron chi connectivity index (χ2n) is 12.4. The molecular weight excluding hydrogens is 585 g/mol. The fraction of sp³-hybridized carbons (Fsp3) is 0. The zero-order valence-electron chi connectivity index (χ0n) is 25.6. The van der Waals surface area contributed by atoms with E-state index in [1.807, 2.05) is 11.3 Å². The van der Waals surface area contributed by atoms with Crippen LogP contribution in [0.2, 0.25) is 0 Å². The van der Waals surface area contributed by atoms with Crippen LogP contribution in [-0.2, 0) is 0 Å². The van der Waals surface area contributed by atoms with Crippen LogP contribution < -0.4 is 0 Å². The van der Waals surface area contributed by atoms with E-state index in [0.29, 0.717) is 0 Å². The van der Waals surface area contributed by atoms with Crippen molar-refractivity contribution < 1.29 is 0 Å². The number of benzene rings is 9. The topological polar surface area (TPSA) is 0 Å². The molecule has 47 heavy (non-hydrogen) atoms. The van der Waals surface area contributed by atoms with Gasteiger partial charge in [0.05, 0.1) is 0 Å². The minimum Gasteiger partial charge on any atom is -0.135 e. The van der Waals surface area contributed by atoms with Crippen molar-refractivity contribution in [3.05, 3.63) is 170 Å². The third-order valence-electron chi connectivity index (χ3n) is 9.88. The highest BCUT2D eigenvalue weighted by Gasteiger charge is 2.20. The minimum atomic E-state index is 1.24. The van der Waals surface area contributed by atoms with Crippen LogP contribution in [0.4, 0.5) is 0 Å². The SMILES string of the molecule is c1ccc(-c2ccc(-c3c4ccccc4c(-c4cccc5c4ccc4c6ccccc6sc54)c4ccccc34)c3ccccc23)cc1. The number of rotatable bonds is 3. The highest BCUT2D eigenvalue weighted by atomic mass is 32.1. The number of hydrogen-bond acceptors (Lipinski definition) is 1. The Balaban J connectivity index is 1.30. The summed E-state index contributed by atoms with van der Waals surface area (Å²) in [6.07, 6.45) is 0. The smallest absolute Gasteiger partial charge is 0.0434 e. The molecule has 1 heteroatoms. The molecule has 9 aromatic carbocycles. The summed E-state index contributed by atoms with van der Waals surface area (Å²) in [6, 6.07) is 62.6. The number of thiophene rings is 1. The van der Waals surface area contributed by atoms with E-state index in [-0.39, 0.29) is 0 Å². The van der Waals surface area contributed by atoms with E-state index < -0.39 is 0 Å². The average Bonchev–Trinajstić information content (AvgIpc) is 3.53. The van der Waals surface area contributed by atoms with Crippen molar-refractivity contribution >= 4 is 74.6 Å². The lowest BCUT2D eigenvalue weighted by atomic mass is 9.83. The quantitative estimate of drug-likeness (QED) is 0.174. The summed E-state index contributed by atoms with van der Waals surface area (Å²) in [5.74, 6) is 0. The molecule has 0 N–H and O–H groups in total. The van der Waals surface area contributed by atoms with Crippen molar-refractivity contribution in [1.29, 1.82) is 0 Å². The summed E-state index contributed by atoms with van der Waals surface area (Å²) >= 11 is 1.90. The third kappa shape index (κ3) is 3.94. The monoisotopic (exact) mass is 612 g/mol. The molecule has 0 aliphatic carbocycles. The molecule has 1 aromatic heterocycles. The Morgan fingerprint density at radius 3 is 1.34 bits per heavy atom. The lowest BCUT2D eigenvalue weighted by Crippen LogP contribution is -1.93. The van der Waals surface area contributed by atoms with E-state index in [2.05, 4.69) is 170 Å². The van der Waals surface area contributed by atoms with Gasteiger partial charge in [-0.1, -0.05) is 164 Å². The molecule has 1 heterocycles. The zero-order valence-corrected chi connectivity index (χ0v) is 26.4. The molecule has 0 atom stereocenters. The molecule has 10 rings (SSSR count). The maximum atomic E-state index is 2.35. The molecular formula is C46H28S. The molecule has 0 aliphatic heterocycles. The van der Waals surface area contributed by atoms with E-state index in [0.717, 1.165) is 0 Å². The Hall–Kier alpha value is -5.76. The largest absolute Gasteiger partial charge is 0.135 e. The van der Waals surface area contributed by atoms with Gasteiger partial charge < -0.3 is 0 Å². The molecule has 0 saturated heterocycles. The first-order valence-corrected chi connectivity index (χ1v) is 17.0.